The summed E-state index contributed by atoms with van der Waals surface area (Å²) in [7, 11) is 0. The summed E-state index contributed by atoms with van der Waals surface area (Å²) in [4.78, 5) is 13.3. The molecule has 0 spiro atoms. The van der Waals surface area contributed by atoms with Crippen LogP contribution in [0.5, 0.6) is 0 Å². The summed E-state index contributed by atoms with van der Waals surface area (Å²) in [6, 6.07) is 11.6. The molecule has 0 aromatic heterocycles. The molecule has 17 heavy (non-hydrogen) atoms. The van der Waals surface area contributed by atoms with E-state index in [9.17, 15) is 4.79 Å². The van der Waals surface area contributed by atoms with Crippen LogP contribution in [0.4, 0.5) is 0 Å². The highest BCUT2D eigenvalue weighted by molar-refractivity contribution is 5.74. The van der Waals surface area contributed by atoms with Crippen LogP contribution in [0.25, 0.3) is 0 Å². The van der Waals surface area contributed by atoms with Crippen molar-refractivity contribution in [2.24, 2.45) is 5.92 Å². The second-order valence-corrected chi connectivity index (χ2v) is 4.45. The van der Waals surface area contributed by atoms with Crippen LogP contribution in [0, 0.1) is 17.2 Å². The smallest absolute Gasteiger partial charge is 0.220 e. The lowest BCUT2D eigenvalue weighted by atomic mass is 10.0. The standard InChI is InChI=1S/C14H18N2O/c1-11(2)14(9-15)16(12(3)17)10-13-7-5-4-6-8-13/h4-8,11,14H,10H2,1-3H3/t14-/m1/s1. The molecular formula is C14H18N2O. The molecule has 3 heteroatoms. The molecule has 1 rings (SSSR count). The summed E-state index contributed by atoms with van der Waals surface area (Å²) in [6.45, 7) is 5.91. The molecule has 0 aliphatic heterocycles. The van der Waals surface area contributed by atoms with Crippen molar-refractivity contribution in [3.05, 3.63) is 35.9 Å². The number of rotatable bonds is 4. The maximum atomic E-state index is 11.6. The maximum Gasteiger partial charge on any atom is 0.220 e. The highest BCUT2D eigenvalue weighted by Gasteiger charge is 2.23. The Kier molecular flexibility index (Phi) is 4.71. The minimum atomic E-state index is -0.368. The molecule has 0 heterocycles. The van der Waals surface area contributed by atoms with E-state index in [0.29, 0.717) is 6.54 Å². The van der Waals surface area contributed by atoms with Gasteiger partial charge in [0.05, 0.1) is 6.07 Å². The van der Waals surface area contributed by atoms with Gasteiger partial charge in [-0.2, -0.15) is 5.26 Å². The van der Waals surface area contributed by atoms with Gasteiger partial charge in [0.25, 0.3) is 0 Å². The molecule has 0 saturated heterocycles. The highest BCUT2D eigenvalue weighted by atomic mass is 16.2. The van der Waals surface area contributed by atoms with Gasteiger partial charge in [0, 0.05) is 13.5 Å². The van der Waals surface area contributed by atoms with Crippen molar-refractivity contribution in [1.82, 2.24) is 4.90 Å². The molecule has 0 saturated carbocycles. The molecule has 0 N–H and O–H groups in total. The van der Waals surface area contributed by atoms with E-state index in [2.05, 4.69) is 6.07 Å². The summed E-state index contributed by atoms with van der Waals surface area (Å²) in [5.74, 6) is 0.0710. The van der Waals surface area contributed by atoms with Crippen LogP contribution < -0.4 is 0 Å². The lowest BCUT2D eigenvalue weighted by molar-refractivity contribution is -0.131. The highest BCUT2D eigenvalue weighted by Crippen LogP contribution is 2.14. The van der Waals surface area contributed by atoms with E-state index in [1.807, 2.05) is 44.2 Å². The molecule has 1 atom stereocenters. The zero-order chi connectivity index (χ0) is 12.8. The van der Waals surface area contributed by atoms with E-state index >= 15 is 0 Å². The Hall–Kier alpha value is -1.82. The first-order valence-electron chi connectivity index (χ1n) is 5.77. The molecule has 0 aliphatic carbocycles. The number of carbonyl (C=O) groups is 1. The van der Waals surface area contributed by atoms with Crippen molar-refractivity contribution < 1.29 is 4.79 Å². The molecule has 1 aromatic rings. The quantitative estimate of drug-likeness (QED) is 0.798. The fourth-order valence-electron chi connectivity index (χ4n) is 1.76. The van der Waals surface area contributed by atoms with E-state index in [1.54, 1.807) is 4.90 Å². The molecule has 0 fully saturated rings. The minimum absolute atomic E-state index is 0.0610. The van der Waals surface area contributed by atoms with Gasteiger partial charge in [-0.1, -0.05) is 44.2 Å². The molecule has 1 amide bonds. The maximum absolute atomic E-state index is 11.6. The largest absolute Gasteiger partial charge is 0.322 e. The lowest BCUT2D eigenvalue weighted by Gasteiger charge is -2.28. The van der Waals surface area contributed by atoms with Crippen LogP contribution in [0.15, 0.2) is 30.3 Å². The second kappa shape index (κ2) is 6.05. The molecule has 0 bridgehead atoms. The normalized spacial score (nSPS) is 11.9. The zero-order valence-corrected chi connectivity index (χ0v) is 10.6. The number of nitrogens with zero attached hydrogens (tertiary/aromatic N) is 2. The number of nitriles is 1. The van der Waals surface area contributed by atoms with Crippen molar-refractivity contribution in [2.75, 3.05) is 0 Å². The molecule has 0 radical (unpaired) electrons. The van der Waals surface area contributed by atoms with Crippen molar-refractivity contribution >= 4 is 5.91 Å². The monoisotopic (exact) mass is 230 g/mol. The topological polar surface area (TPSA) is 44.1 Å². The van der Waals surface area contributed by atoms with Crippen molar-refractivity contribution in [1.29, 1.82) is 5.26 Å². The van der Waals surface area contributed by atoms with E-state index in [-0.39, 0.29) is 17.9 Å². The third-order valence-corrected chi connectivity index (χ3v) is 2.70. The van der Waals surface area contributed by atoms with Gasteiger partial charge in [0.1, 0.15) is 6.04 Å². The van der Waals surface area contributed by atoms with E-state index in [1.165, 1.54) is 6.92 Å². The predicted molar refractivity (Wildman–Crippen MR) is 66.9 cm³/mol. The summed E-state index contributed by atoms with van der Waals surface area (Å²) >= 11 is 0. The van der Waals surface area contributed by atoms with Gasteiger partial charge in [-0.3, -0.25) is 4.79 Å². The Morgan fingerprint density at radius 1 is 1.35 bits per heavy atom. The average Bonchev–Trinajstić information content (AvgIpc) is 2.29. The summed E-state index contributed by atoms with van der Waals surface area (Å²) < 4.78 is 0. The van der Waals surface area contributed by atoms with Crippen LogP contribution in [-0.4, -0.2) is 16.8 Å². The van der Waals surface area contributed by atoms with Crippen molar-refractivity contribution in [3.8, 4) is 6.07 Å². The van der Waals surface area contributed by atoms with Gasteiger partial charge < -0.3 is 4.90 Å². The third-order valence-electron chi connectivity index (χ3n) is 2.70. The minimum Gasteiger partial charge on any atom is -0.322 e. The SMILES string of the molecule is CC(=O)N(Cc1ccccc1)[C@H](C#N)C(C)C. The molecule has 3 nitrogen and oxygen atoms in total. The van der Waals surface area contributed by atoms with E-state index < -0.39 is 0 Å². The van der Waals surface area contributed by atoms with Gasteiger partial charge in [-0.05, 0) is 11.5 Å². The number of carbonyl (C=O) groups excluding carboxylic acids is 1. The Morgan fingerprint density at radius 2 is 1.94 bits per heavy atom. The van der Waals surface area contributed by atoms with Gasteiger partial charge in [0.15, 0.2) is 0 Å². The molecular weight excluding hydrogens is 212 g/mol. The first-order valence-corrected chi connectivity index (χ1v) is 5.77. The first kappa shape index (κ1) is 13.2. The van der Waals surface area contributed by atoms with Crippen LogP contribution in [0.2, 0.25) is 0 Å². The van der Waals surface area contributed by atoms with Gasteiger partial charge in [0.2, 0.25) is 5.91 Å². The number of hydrogen-bond donors (Lipinski definition) is 0. The van der Waals surface area contributed by atoms with Crippen LogP contribution in [-0.2, 0) is 11.3 Å². The zero-order valence-electron chi connectivity index (χ0n) is 10.6. The fraction of sp³-hybridized carbons (Fsp3) is 0.429. The second-order valence-electron chi connectivity index (χ2n) is 4.45. The predicted octanol–water partition coefficient (Wildman–Crippen LogP) is 2.58. The fourth-order valence-corrected chi connectivity index (χ4v) is 1.76. The summed E-state index contributed by atoms with van der Waals surface area (Å²) in [5, 5.41) is 9.15. The lowest BCUT2D eigenvalue weighted by Crippen LogP contribution is -2.40. The third kappa shape index (κ3) is 3.60. The molecule has 1 aromatic carbocycles. The Morgan fingerprint density at radius 3 is 2.35 bits per heavy atom. The summed E-state index contributed by atoms with van der Waals surface area (Å²) in [5.41, 5.74) is 1.05. The summed E-state index contributed by atoms with van der Waals surface area (Å²) in [6.07, 6.45) is 0. The van der Waals surface area contributed by atoms with E-state index in [4.69, 9.17) is 5.26 Å². The van der Waals surface area contributed by atoms with Gasteiger partial charge in [-0.15, -0.1) is 0 Å². The van der Waals surface area contributed by atoms with Gasteiger partial charge >= 0.3 is 0 Å². The number of amides is 1. The van der Waals surface area contributed by atoms with Gasteiger partial charge in [-0.25, -0.2) is 0 Å². The molecule has 0 aliphatic rings. The first-order chi connectivity index (χ1) is 8.06. The van der Waals surface area contributed by atoms with E-state index in [0.717, 1.165) is 5.56 Å². The Labute approximate surface area is 103 Å². The molecule has 0 unspecified atom stereocenters. The van der Waals surface area contributed by atoms with Crippen LogP contribution in [0.3, 0.4) is 0 Å². The number of hydrogen-bond acceptors (Lipinski definition) is 2. The van der Waals surface area contributed by atoms with Crippen LogP contribution in [0.1, 0.15) is 26.3 Å². The molecule has 90 valence electrons. The van der Waals surface area contributed by atoms with Crippen molar-refractivity contribution in [3.63, 3.8) is 0 Å². The Bertz CT molecular complexity index is 406. The number of benzene rings is 1. The average molecular weight is 230 g/mol. The Balaban J connectivity index is 2.88. The van der Waals surface area contributed by atoms with Crippen molar-refractivity contribution in [2.45, 2.75) is 33.4 Å². The van der Waals surface area contributed by atoms with Crippen LogP contribution >= 0.6 is 0 Å².